The van der Waals surface area contributed by atoms with Crippen LogP contribution >= 0.6 is 20.0 Å². The molecule has 4 nitrogen and oxygen atoms in total. The third kappa shape index (κ3) is 10.8. The molecule has 1 aliphatic rings. The van der Waals surface area contributed by atoms with Crippen molar-refractivity contribution < 1.29 is 68.8 Å². The van der Waals surface area contributed by atoms with Crippen LogP contribution in [0.15, 0.2) is 48.5 Å². The minimum atomic E-state index is -10.7. The van der Waals surface area contributed by atoms with E-state index in [0.717, 1.165) is 41.1 Å². The van der Waals surface area contributed by atoms with Crippen LogP contribution in [0, 0.1) is 0 Å². The quantitative estimate of drug-likeness (QED) is 0.172. The van der Waals surface area contributed by atoms with Gasteiger partial charge < -0.3 is 19.3 Å². The smallest absolute Gasteiger partial charge is 1.00 e. The van der Waals surface area contributed by atoms with Crippen molar-refractivity contribution in [2.45, 2.75) is 0 Å². The number of hydrogen-bond donors (Lipinski definition) is 0. The Labute approximate surface area is 202 Å². The van der Waals surface area contributed by atoms with E-state index in [-0.39, 0.29) is 34.1 Å². The maximum atomic E-state index is 9.87. The second kappa shape index (κ2) is 10.1. The van der Waals surface area contributed by atoms with Crippen LogP contribution in [-0.2, 0) is 34.1 Å². The molecule has 2 aromatic rings. The van der Waals surface area contributed by atoms with E-state index in [9.17, 15) is 25.2 Å². The number of rotatable bonds is 4. The van der Waals surface area contributed by atoms with Crippen LogP contribution < -0.4 is 19.3 Å². The van der Waals surface area contributed by atoms with Crippen LogP contribution in [0.3, 0.4) is 0 Å². The van der Waals surface area contributed by atoms with Gasteiger partial charge in [0, 0.05) is 24.5 Å². The summed E-state index contributed by atoms with van der Waals surface area (Å²) in [5, 5.41) is 0.815. The molecular weight excluding hydrogens is 568 g/mol. The number of benzene rings is 2. The van der Waals surface area contributed by atoms with Gasteiger partial charge >= 0.3 is 67.1 Å². The summed E-state index contributed by atoms with van der Waals surface area (Å²) in [6.45, 7) is 1.74. The molecule has 0 aliphatic carbocycles. The number of thiocarbonyl (C=S) groups is 1. The Morgan fingerprint density at radius 3 is 1.16 bits per heavy atom. The molecule has 1 aliphatic heterocycles. The molecule has 14 heteroatoms. The molecule has 2 aromatic carbocycles. The molecule has 31 heavy (non-hydrogen) atoms. The SMILES string of the molecule is COc1ccc(N2CCN(c3ccc(OC)cc3)C2=S)cc1.F[P-](F)(F)(F)(F)F.[Cu+].[Cu+]. The zero-order valence-corrected chi connectivity index (χ0v) is 19.6. The van der Waals surface area contributed by atoms with E-state index in [1.165, 1.54) is 0 Å². The summed E-state index contributed by atoms with van der Waals surface area (Å²) in [5.74, 6) is 1.70. The van der Waals surface area contributed by atoms with Gasteiger partial charge in [-0.1, -0.05) is 0 Å². The van der Waals surface area contributed by atoms with Crippen molar-refractivity contribution in [1.29, 1.82) is 0 Å². The van der Waals surface area contributed by atoms with Crippen LogP contribution in [0.25, 0.3) is 0 Å². The minimum absolute atomic E-state index is 0. The average molecular weight is 586 g/mol. The molecule has 0 bridgehead atoms. The number of methoxy groups -OCH3 is 2. The second-order valence-corrected chi connectivity index (χ2v) is 8.22. The fraction of sp³-hybridized carbons (Fsp3) is 0.235. The predicted molar refractivity (Wildman–Crippen MR) is 107 cm³/mol. The molecule has 0 amide bonds. The topological polar surface area (TPSA) is 24.9 Å². The maximum absolute atomic E-state index is 10.7. The normalized spacial score (nSPS) is 15.4. The van der Waals surface area contributed by atoms with E-state index in [1.807, 2.05) is 48.5 Å². The van der Waals surface area contributed by atoms with Gasteiger partial charge in [-0.2, -0.15) is 0 Å². The van der Waals surface area contributed by atoms with Crippen LogP contribution in [-0.4, -0.2) is 32.4 Å². The standard InChI is InChI=1S/C17H18N2O2S.2Cu.F6P/c1-20-15-7-3-13(4-8-15)18-11-12-19(17(18)22)14-5-9-16(21-2)10-6-14;;;1-7(2,3,4,5)6/h3-10H,11-12H2,1-2H3;;;/q;2*+1;-1. The fourth-order valence-electron chi connectivity index (χ4n) is 2.54. The zero-order valence-electron chi connectivity index (χ0n) is 16.0. The first-order chi connectivity index (χ1) is 13.2. The summed E-state index contributed by atoms with van der Waals surface area (Å²) in [6, 6.07) is 15.9. The summed E-state index contributed by atoms with van der Waals surface area (Å²) in [4.78, 5) is 4.28. The second-order valence-electron chi connectivity index (χ2n) is 5.94. The van der Waals surface area contributed by atoms with Gasteiger partial charge in [0.2, 0.25) is 0 Å². The van der Waals surface area contributed by atoms with Gasteiger partial charge in [0.05, 0.1) is 14.2 Å². The average Bonchev–Trinajstić information content (AvgIpc) is 3.01. The van der Waals surface area contributed by atoms with Crippen molar-refractivity contribution in [2.24, 2.45) is 0 Å². The number of ether oxygens (including phenoxy) is 2. The molecule has 0 radical (unpaired) electrons. The Kier molecular flexibility index (Phi) is 9.75. The number of halogens is 6. The van der Waals surface area contributed by atoms with Crippen molar-refractivity contribution in [2.75, 3.05) is 37.1 Å². The molecule has 0 spiro atoms. The monoisotopic (exact) mass is 585 g/mol. The van der Waals surface area contributed by atoms with E-state index < -0.39 is 7.81 Å². The van der Waals surface area contributed by atoms with E-state index >= 15 is 0 Å². The summed E-state index contributed by atoms with van der Waals surface area (Å²) in [6.07, 6.45) is 0. The molecule has 3 rings (SSSR count). The molecule has 1 heterocycles. The van der Waals surface area contributed by atoms with Crippen molar-refractivity contribution in [3.8, 4) is 11.5 Å². The molecule has 182 valence electrons. The first kappa shape index (κ1) is 29.8. The van der Waals surface area contributed by atoms with Gasteiger partial charge in [-0.3, -0.25) is 0 Å². The van der Waals surface area contributed by atoms with Crippen molar-refractivity contribution in [1.82, 2.24) is 0 Å². The first-order valence-corrected chi connectivity index (χ1v) is 10.5. The van der Waals surface area contributed by atoms with Gasteiger partial charge in [0.15, 0.2) is 5.11 Å². The van der Waals surface area contributed by atoms with Crippen LogP contribution in [0.1, 0.15) is 0 Å². The van der Waals surface area contributed by atoms with Crippen LogP contribution in [0.4, 0.5) is 36.6 Å². The molecule has 0 saturated carbocycles. The number of nitrogens with zero attached hydrogens (tertiary/aromatic N) is 2. The van der Waals surface area contributed by atoms with Crippen LogP contribution in [0.2, 0.25) is 0 Å². The van der Waals surface area contributed by atoms with E-state index in [4.69, 9.17) is 21.7 Å². The third-order valence-electron chi connectivity index (χ3n) is 3.78. The fourth-order valence-corrected chi connectivity index (χ4v) is 2.93. The van der Waals surface area contributed by atoms with Crippen molar-refractivity contribution >= 4 is 36.5 Å². The predicted octanol–water partition coefficient (Wildman–Crippen LogP) is 6.69. The number of hydrogen-bond acceptors (Lipinski definition) is 3. The Morgan fingerprint density at radius 2 is 0.935 bits per heavy atom. The molecule has 0 aromatic heterocycles. The Balaban J connectivity index is 0.000000875. The zero-order chi connectivity index (χ0) is 21.9. The van der Waals surface area contributed by atoms with E-state index in [1.54, 1.807) is 14.2 Å². The van der Waals surface area contributed by atoms with Gasteiger partial charge in [-0.15, -0.1) is 0 Å². The van der Waals surface area contributed by atoms with Gasteiger partial charge in [0.1, 0.15) is 11.5 Å². The van der Waals surface area contributed by atoms with E-state index in [0.29, 0.717) is 0 Å². The molecule has 1 saturated heterocycles. The summed E-state index contributed by atoms with van der Waals surface area (Å²) in [7, 11) is -7.32. The Hall–Kier alpha value is -1.22. The van der Waals surface area contributed by atoms with Crippen LogP contribution in [0.5, 0.6) is 11.5 Å². The van der Waals surface area contributed by atoms with Crippen molar-refractivity contribution in [3.63, 3.8) is 0 Å². The first-order valence-electron chi connectivity index (χ1n) is 8.11. The minimum Gasteiger partial charge on any atom is 1.00 e. The Morgan fingerprint density at radius 1 is 0.677 bits per heavy atom. The van der Waals surface area contributed by atoms with Gasteiger partial charge in [0.25, 0.3) is 0 Å². The van der Waals surface area contributed by atoms with Gasteiger partial charge in [-0.05, 0) is 60.7 Å². The number of anilines is 2. The van der Waals surface area contributed by atoms with Crippen molar-refractivity contribution in [3.05, 3.63) is 48.5 Å². The summed E-state index contributed by atoms with van der Waals surface area (Å²) < 4.78 is 69.6. The molecule has 0 atom stereocenters. The summed E-state index contributed by atoms with van der Waals surface area (Å²) >= 11 is 5.64. The maximum Gasteiger partial charge on any atom is 1.00 e. The molecule has 1 fully saturated rings. The third-order valence-corrected chi connectivity index (χ3v) is 4.22. The summed E-state index contributed by atoms with van der Waals surface area (Å²) in [5.41, 5.74) is 2.17. The largest absolute Gasteiger partial charge is 1.00 e. The van der Waals surface area contributed by atoms with Gasteiger partial charge in [-0.25, -0.2) is 0 Å². The molecule has 0 unspecified atom stereocenters. The molecular formula is C17H18Cu2F6N2O2PS+. The van der Waals surface area contributed by atoms with E-state index in [2.05, 4.69) is 9.80 Å². The Bertz CT molecular complexity index is 802. The molecule has 0 N–H and O–H groups in total.